The lowest BCUT2D eigenvalue weighted by atomic mass is 10.0. The number of aromatic carboxylic acids is 1. The lowest BCUT2D eigenvalue weighted by Gasteiger charge is -2.07. The summed E-state index contributed by atoms with van der Waals surface area (Å²) in [5.41, 5.74) is 3.90. The fourth-order valence-electron chi connectivity index (χ4n) is 2.76. The second kappa shape index (κ2) is 6.85. The number of benzene rings is 2. The molecule has 2 N–H and O–H groups in total. The third-order valence-electron chi connectivity index (χ3n) is 3.91. The number of hydrogen-bond acceptors (Lipinski definition) is 2. The Morgan fingerprint density at radius 2 is 2.00 bits per heavy atom. The van der Waals surface area contributed by atoms with Gasteiger partial charge in [0.15, 0.2) is 0 Å². The highest BCUT2D eigenvalue weighted by Crippen LogP contribution is 2.30. The molecule has 0 unspecified atom stereocenters. The average molecular weight is 364 g/mol. The largest absolute Gasteiger partial charge is 0.478 e. The van der Waals surface area contributed by atoms with E-state index in [1.165, 1.54) is 0 Å². The van der Waals surface area contributed by atoms with Gasteiger partial charge in [-0.25, -0.2) is 4.79 Å². The third-order valence-corrected chi connectivity index (χ3v) is 4.50. The number of H-pyrrole nitrogens is 1. The molecule has 24 heavy (non-hydrogen) atoms. The normalized spacial score (nSPS) is 11.1. The van der Waals surface area contributed by atoms with Crippen LogP contribution in [-0.2, 0) is 17.8 Å². The molecule has 0 aliphatic rings. The van der Waals surface area contributed by atoms with Gasteiger partial charge in [0.05, 0.1) is 12.2 Å². The van der Waals surface area contributed by atoms with E-state index in [-0.39, 0.29) is 5.56 Å². The minimum absolute atomic E-state index is 0.244. The number of carboxylic acid groups (broad SMARTS) is 1. The monoisotopic (exact) mass is 363 g/mol. The molecule has 0 saturated carbocycles. The highest BCUT2D eigenvalue weighted by Gasteiger charge is 2.15. The Bertz CT molecular complexity index is 918. The highest BCUT2D eigenvalue weighted by molar-refractivity contribution is 6.35. The van der Waals surface area contributed by atoms with E-state index in [2.05, 4.69) is 4.98 Å². The van der Waals surface area contributed by atoms with Crippen molar-refractivity contribution >= 4 is 40.1 Å². The zero-order valence-electron chi connectivity index (χ0n) is 12.9. The molecule has 3 rings (SSSR count). The van der Waals surface area contributed by atoms with E-state index in [0.717, 1.165) is 27.7 Å². The predicted molar refractivity (Wildman–Crippen MR) is 95.2 cm³/mol. The second-order valence-corrected chi connectivity index (χ2v) is 6.34. The summed E-state index contributed by atoms with van der Waals surface area (Å²) < 4.78 is 5.26. The molecule has 6 heteroatoms. The Balaban J connectivity index is 2.13. The molecule has 0 saturated heterocycles. The van der Waals surface area contributed by atoms with E-state index >= 15 is 0 Å². The first-order valence-electron chi connectivity index (χ1n) is 7.29. The fourth-order valence-corrected chi connectivity index (χ4v) is 3.24. The van der Waals surface area contributed by atoms with E-state index in [9.17, 15) is 9.90 Å². The van der Waals surface area contributed by atoms with Crippen LogP contribution in [0.25, 0.3) is 10.9 Å². The number of aromatic amines is 1. The summed E-state index contributed by atoms with van der Waals surface area (Å²) in [5, 5.41) is 11.2. The van der Waals surface area contributed by atoms with Gasteiger partial charge < -0.3 is 14.8 Å². The number of rotatable bonds is 5. The molecule has 3 aromatic rings. The summed E-state index contributed by atoms with van der Waals surface area (Å²) in [6.07, 6.45) is 0.553. The van der Waals surface area contributed by atoms with E-state index in [4.69, 9.17) is 27.9 Å². The molecule has 0 aliphatic carbocycles. The number of carboxylic acids is 1. The first-order chi connectivity index (χ1) is 11.5. The van der Waals surface area contributed by atoms with Crippen molar-refractivity contribution in [2.45, 2.75) is 13.0 Å². The quantitative estimate of drug-likeness (QED) is 0.676. The van der Waals surface area contributed by atoms with Gasteiger partial charge in [-0.2, -0.15) is 0 Å². The van der Waals surface area contributed by atoms with E-state index in [1.807, 2.05) is 6.07 Å². The van der Waals surface area contributed by atoms with Gasteiger partial charge in [-0.1, -0.05) is 29.3 Å². The van der Waals surface area contributed by atoms with Crippen molar-refractivity contribution in [3.8, 4) is 0 Å². The highest BCUT2D eigenvalue weighted by atomic mass is 35.5. The van der Waals surface area contributed by atoms with E-state index < -0.39 is 5.97 Å². The summed E-state index contributed by atoms with van der Waals surface area (Å²) in [6.45, 7) is 0.400. The van der Waals surface area contributed by atoms with Crippen molar-refractivity contribution in [3.05, 3.63) is 68.8 Å². The topological polar surface area (TPSA) is 62.3 Å². The van der Waals surface area contributed by atoms with Crippen LogP contribution in [0.15, 0.2) is 36.4 Å². The molecule has 4 nitrogen and oxygen atoms in total. The number of hydrogen-bond donors (Lipinski definition) is 2. The molecule has 0 aliphatic heterocycles. The minimum Gasteiger partial charge on any atom is -0.478 e. The number of aromatic nitrogens is 1. The summed E-state index contributed by atoms with van der Waals surface area (Å²) >= 11 is 12.2. The van der Waals surface area contributed by atoms with Crippen LogP contribution in [0.5, 0.6) is 0 Å². The summed E-state index contributed by atoms with van der Waals surface area (Å²) in [6, 6.07) is 10.4. The Morgan fingerprint density at radius 3 is 2.67 bits per heavy atom. The van der Waals surface area contributed by atoms with Crippen molar-refractivity contribution in [1.82, 2.24) is 4.98 Å². The molecule has 0 bridgehead atoms. The fraction of sp³-hybridized carbons (Fsp3) is 0.167. The first-order valence-corrected chi connectivity index (χ1v) is 8.05. The second-order valence-electron chi connectivity index (χ2n) is 5.49. The van der Waals surface area contributed by atoms with Crippen molar-refractivity contribution in [2.75, 3.05) is 7.11 Å². The molecular weight excluding hydrogens is 349 g/mol. The molecule has 0 radical (unpaired) electrons. The van der Waals surface area contributed by atoms with Gasteiger partial charge in [-0.15, -0.1) is 0 Å². The van der Waals surface area contributed by atoms with Crippen LogP contribution in [0, 0.1) is 0 Å². The van der Waals surface area contributed by atoms with E-state index in [0.29, 0.717) is 23.1 Å². The van der Waals surface area contributed by atoms with Crippen LogP contribution in [0.1, 0.15) is 27.2 Å². The zero-order chi connectivity index (χ0) is 17.3. The molecule has 2 aromatic carbocycles. The summed E-state index contributed by atoms with van der Waals surface area (Å²) in [7, 11) is 1.62. The summed E-state index contributed by atoms with van der Waals surface area (Å²) in [4.78, 5) is 14.6. The molecule has 0 fully saturated rings. The van der Waals surface area contributed by atoms with Crippen molar-refractivity contribution < 1.29 is 14.6 Å². The number of nitrogens with one attached hydrogen (secondary N) is 1. The Hall–Kier alpha value is -2.01. The summed E-state index contributed by atoms with van der Waals surface area (Å²) in [5.74, 6) is -0.957. The average Bonchev–Trinajstić information content (AvgIpc) is 2.87. The van der Waals surface area contributed by atoms with Gasteiger partial charge in [-0.05, 0) is 41.5 Å². The van der Waals surface area contributed by atoms with E-state index in [1.54, 1.807) is 37.4 Å². The maximum atomic E-state index is 11.3. The lowest BCUT2D eigenvalue weighted by molar-refractivity contribution is 0.0697. The lowest BCUT2D eigenvalue weighted by Crippen LogP contribution is -1.97. The van der Waals surface area contributed by atoms with Crippen LogP contribution in [0.4, 0.5) is 0 Å². The van der Waals surface area contributed by atoms with Gasteiger partial charge in [0, 0.05) is 40.2 Å². The maximum Gasteiger partial charge on any atom is 0.335 e. The third kappa shape index (κ3) is 3.26. The Kier molecular flexibility index (Phi) is 4.81. The van der Waals surface area contributed by atoms with Gasteiger partial charge >= 0.3 is 5.97 Å². The Labute approximate surface area is 149 Å². The SMILES string of the molecule is COCc1[nH]c2ccc(C(=O)O)cc2c1Cc1ccc(Cl)cc1Cl. The first kappa shape index (κ1) is 16.8. The minimum atomic E-state index is -0.957. The smallest absolute Gasteiger partial charge is 0.335 e. The molecular formula is C18H15Cl2NO3. The zero-order valence-corrected chi connectivity index (χ0v) is 14.4. The van der Waals surface area contributed by atoms with Gasteiger partial charge in [0.2, 0.25) is 0 Å². The molecule has 1 heterocycles. The van der Waals surface area contributed by atoms with Crippen LogP contribution < -0.4 is 0 Å². The molecule has 124 valence electrons. The van der Waals surface area contributed by atoms with Gasteiger partial charge in [0.1, 0.15) is 0 Å². The molecule has 1 aromatic heterocycles. The van der Waals surface area contributed by atoms with Gasteiger partial charge in [0.25, 0.3) is 0 Å². The number of halogens is 2. The van der Waals surface area contributed by atoms with Crippen molar-refractivity contribution in [3.63, 3.8) is 0 Å². The van der Waals surface area contributed by atoms with Crippen molar-refractivity contribution in [1.29, 1.82) is 0 Å². The van der Waals surface area contributed by atoms with Crippen LogP contribution in [-0.4, -0.2) is 23.2 Å². The van der Waals surface area contributed by atoms with Crippen LogP contribution in [0.2, 0.25) is 10.0 Å². The maximum absolute atomic E-state index is 11.3. The Morgan fingerprint density at radius 1 is 1.21 bits per heavy atom. The molecule has 0 amide bonds. The number of carbonyl (C=O) groups is 1. The standard InChI is InChI=1S/C18H15Cl2NO3/c1-24-9-17-14(6-10-2-4-12(19)8-15(10)20)13-7-11(18(22)23)3-5-16(13)21-17/h2-5,7-8,21H,6,9H2,1H3,(H,22,23). The molecule has 0 spiro atoms. The van der Waals surface area contributed by atoms with Crippen LogP contribution >= 0.6 is 23.2 Å². The molecule has 0 atom stereocenters. The number of fused-ring (bicyclic) bond motifs is 1. The van der Waals surface area contributed by atoms with Crippen molar-refractivity contribution in [2.24, 2.45) is 0 Å². The van der Waals surface area contributed by atoms with Crippen LogP contribution in [0.3, 0.4) is 0 Å². The predicted octanol–water partition coefficient (Wildman–Crippen LogP) is 4.91. The number of methoxy groups -OCH3 is 1. The van der Waals surface area contributed by atoms with Gasteiger partial charge in [-0.3, -0.25) is 0 Å². The number of ether oxygens (including phenoxy) is 1.